The Balaban J connectivity index is 1.49. The van der Waals surface area contributed by atoms with Gasteiger partial charge in [0.1, 0.15) is 19.3 Å². The van der Waals surface area contributed by atoms with Crippen LogP contribution in [0.5, 0.6) is 0 Å². The summed E-state index contributed by atoms with van der Waals surface area (Å²) in [4.78, 5) is 51.7. The first-order valence-electron chi connectivity index (χ1n) is 13.4. The summed E-state index contributed by atoms with van der Waals surface area (Å²) >= 11 is 0. The van der Waals surface area contributed by atoms with Gasteiger partial charge in [-0.15, -0.1) is 0 Å². The van der Waals surface area contributed by atoms with Gasteiger partial charge in [-0.3, -0.25) is 4.79 Å². The van der Waals surface area contributed by atoms with Crippen LogP contribution in [0.3, 0.4) is 0 Å². The van der Waals surface area contributed by atoms with Crippen LogP contribution in [0.2, 0.25) is 0 Å². The molecule has 1 unspecified atom stereocenters. The van der Waals surface area contributed by atoms with E-state index >= 15 is 0 Å². The number of urea groups is 1. The third-order valence-electron chi connectivity index (χ3n) is 6.38. The lowest BCUT2D eigenvalue weighted by Crippen LogP contribution is -2.53. The molecule has 0 bridgehead atoms. The van der Waals surface area contributed by atoms with Gasteiger partial charge < -0.3 is 30.1 Å². The molecule has 0 spiro atoms. The van der Waals surface area contributed by atoms with E-state index in [0.29, 0.717) is 25.8 Å². The summed E-state index contributed by atoms with van der Waals surface area (Å²) in [6, 6.07) is 15.9. The number of nitrogens with zero attached hydrogens (tertiary/aromatic N) is 1. The lowest BCUT2D eigenvalue weighted by molar-refractivity contribution is -0.135. The molecule has 3 rings (SSSR count). The highest BCUT2D eigenvalue weighted by Crippen LogP contribution is 2.16. The molecule has 0 aromatic heterocycles. The summed E-state index contributed by atoms with van der Waals surface area (Å²) in [5, 5.41) is 18.2. The zero-order valence-electron chi connectivity index (χ0n) is 22.9. The third-order valence-corrected chi connectivity index (χ3v) is 6.38. The standard InChI is InChI=1S/C29H38N4O7/c1-20(2)16-24(31-28(37)39-18-21-10-5-3-6-11-21)26(35)33-15-9-14-23(25(34)17-33)30-27(36)32-29(38)40-19-22-12-7-4-8-13-22/h3-8,10-13,20,23-25,34H,9,14-19H2,1-2H3,(H,31,37)(H2,30,32,36,38)/t23-,24-,25?/m0/s1. The van der Waals surface area contributed by atoms with E-state index in [1.807, 2.05) is 62.4 Å². The lowest BCUT2D eigenvalue weighted by atomic mass is 10.0. The minimum atomic E-state index is -1.08. The summed E-state index contributed by atoms with van der Waals surface area (Å²) in [5.74, 6) is -0.223. The van der Waals surface area contributed by atoms with Crippen molar-refractivity contribution in [1.29, 1.82) is 0 Å². The number of rotatable bonds is 9. The predicted octanol–water partition coefficient (Wildman–Crippen LogP) is 3.32. The Morgan fingerprint density at radius 2 is 1.50 bits per heavy atom. The first kappa shape index (κ1) is 30.4. The number of amides is 5. The van der Waals surface area contributed by atoms with Crippen LogP contribution in [0, 0.1) is 5.92 Å². The minimum Gasteiger partial charge on any atom is -0.445 e. The van der Waals surface area contributed by atoms with Crippen molar-refractivity contribution in [2.24, 2.45) is 5.92 Å². The quantitative estimate of drug-likeness (QED) is 0.372. The number of alkyl carbamates (subject to hydrolysis) is 2. The SMILES string of the molecule is CC(C)C[C@H](NC(=O)OCc1ccccc1)C(=O)N1CCC[C@H](NC(=O)NC(=O)OCc2ccccc2)C(O)C1. The number of benzene rings is 2. The Kier molecular flexibility index (Phi) is 11.8. The number of carbonyl (C=O) groups is 4. The van der Waals surface area contributed by atoms with Crippen LogP contribution in [0.25, 0.3) is 0 Å². The van der Waals surface area contributed by atoms with Gasteiger partial charge in [0.05, 0.1) is 12.1 Å². The minimum absolute atomic E-state index is 0.00839. The Labute approximate surface area is 234 Å². The largest absolute Gasteiger partial charge is 0.445 e. The molecule has 5 amide bonds. The van der Waals surface area contributed by atoms with E-state index in [-0.39, 0.29) is 31.6 Å². The first-order valence-corrected chi connectivity index (χ1v) is 13.4. The maximum atomic E-state index is 13.4. The molecule has 1 saturated heterocycles. The molecule has 1 aliphatic heterocycles. The van der Waals surface area contributed by atoms with E-state index < -0.39 is 36.4 Å². The smallest absolute Gasteiger partial charge is 0.415 e. The zero-order chi connectivity index (χ0) is 28.9. The lowest BCUT2D eigenvalue weighted by Gasteiger charge is -2.29. The number of likely N-dealkylation sites (tertiary alicyclic amines) is 1. The molecule has 1 fully saturated rings. The topological polar surface area (TPSA) is 146 Å². The molecule has 40 heavy (non-hydrogen) atoms. The van der Waals surface area contributed by atoms with Crippen molar-refractivity contribution < 1.29 is 33.8 Å². The van der Waals surface area contributed by atoms with Crippen LogP contribution in [0.1, 0.15) is 44.2 Å². The van der Waals surface area contributed by atoms with Gasteiger partial charge >= 0.3 is 18.2 Å². The Morgan fingerprint density at radius 3 is 2.08 bits per heavy atom. The molecule has 11 nitrogen and oxygen atoms in total. The molecule has 2 aromatic carbocycles. The molecular formula is C29H38N4O7. The van der Waals surface area contributed by atoms with E-state index in [2.05, 4.69) is 16.0 Å². The highest BCUT2D eigenvalue weighted by Gasteiger charge is 2.33. The molecule has 1 aliphatic rings. The fourth-order valence-corrected chi connectivity index (χ4v) is 4.38. The second-order valence-electron chi connectivity index (χ2n) is 10.1. The Morgan fingerprint density at radius 1 is 0.925 bits per heavy atom. The van der Waals surface area contributed by atoms with Crippen LogP contribution >= 0.6 is 0 Å². The first-order chi connectivity index (χ1) is 19.2. The second kappa shape index (κ2) is 15.5. The number of nitrogens with one attached hydrogen (secondary N) is 3. The molecule has 2 aromatic rings. The van der Waals surface area contributed by atoms with Crippen LogP contribution in [0.15, 0.2) is 60.7 Å². The summed E-state index contributed by atoms with van der Waals surface area (Å²) in [7, 11) is 0. The fraction of sp³-hybridized carbons (Fsp3) is 0.448. The van der Waals surface area contributed by atoms with Crippen molar-refractivity contribution >= 4 is 24.1 Å². The van der Waals surface area contributed by atoms with E-state index in [0.717, 1.165) is 11.1 Å². The monoisotopic (exact) mass is 554 g/mol. The summed E-state index contributed by atoms with van der Waals surface area (Å²) in [6.45, 7) is 4.26. The molecule has 216 valence electrons. The van der Waals surface area contributed by atoms with Gasteiger partial charge in [-0.2, -0.15) is 0 Å². The van der Waals surface area contributed by atoms with Crippen molar-refractivity contribution in [3.8, 4) is 0 Å². The molecule has 4 N–H and O–H groups in total. The summed E-state index contributed by atoms with van der Waals surface area (Å²) in [6.07, 6.45) is -1.42. The molecule has 0 radical (unpaired) electrons. The predicted molar refractivity (Wildman–Crippen MR) is 147 cm³/mol. The summed E-state index contributed by atoms with van der Waals surface area (Å²) in [5.41, 5.74) is 1.60. The van der Waals surface area contributed by atoms with E-state index in [9.17, 15) is 24.3 Å². The van der Waals surface area contributed by atoms with Gasteiger partial charge in [0, 0.05) is 13.1 Å². The number of hydrogen-bond donors (Lipinski definition) is 4. The highest BCUT2D eigenvalue weighted by molar-refractivity contribution is 5.90. The Hall–Kier alpha value is -4.12. The highest BCUT2D eigenvalue weighted by atomic mass is 16.6. The number of aliphatic hydroxyl groups is 1. The number of imide groups is 1. The van der Waals surface area contributed by atoms with E-state index in [4.69, 9.17) is 9.47 Å². The van der Waals surface area contributed by atoms with Crippen molar-refractivity contribution in [2.75, 3.05) is 13.1 Å². The molecule has 0 aliphatic carbocycles. The number of carbonyl (C=O) groups excluding carboxylic acids is 4. The van der Waals surface area contributed by atoms with Gasteiger partial charge in [-0.1, -0.05) is 74.5 Å². The molecule has 3 atom stereocenters. The Bertz CT molecular complexity index is 1110. The van der Waals surface area contributed by atoms with E-state index in [1.54, 1.807) is 12.1 Å². The fourth-order valence-electron chi connectivity index (χ4n) is 4.38. The normalized spacial score (nSPS) is 17.8. The molecular weight excluding hydrogens is 516 g/mol. The van der Waals surface area contributed by atoms with Crippen LogP contribution in [-0.4, -0.2) is 65.4 Å². The van der Waals surface area contributed by atoms with Crippen LogP contribution in [0.4, 0.5) is 14.4 Å². The maximum absolute atomic E-state index is 13.4. The number of aliphatic hydroxyl groups excluding tert-OH is 1. The molecule has 0 saturated carbocycles. The van der Waals surface area contributed by atoms with Gasteiger partial charge in [-0.05, 0) is 36.3 Å². The average Bonchev–Trinajstić information content (AvgIpc) is 3.11. The van der Waals surface area contributed by atoms with Crippen molar-refractivity contribution in [1.82, 2.24) is 20.9 Å². The number of ether oxygens (including phenoxy) is 2. The molecule has 11 heteroatoms. The molecule has 1 heterocycles. The average molecular weight is 555 g/mol. The summed E-state index contributed by atoms with van der Waals surface area (Å²) < 4.78 is 10.3. The maximum Gasteiger partial charge on any atom is 0.415 e. The number of β-amino-alcohol motifs (C(OH)–C–C–N with tert-alkyl or cyclic N) is 1. The second-order valence-corrected chi connectivity index (χ2v) is 10.1. The van der Waals surface area contributed by atoms with Crippen LogP contribution in [-0.2, 0) is 27.5 Å². The number of hydrogen-bond acceptors (Lipinski definition) is 7. The zero-order valence-corrected chi connectivity index (χ0v) is 22.9. The van der Waals surface area contributed by atoms with Gasteiger partial charge in [0.2, 0.25) is 5.91 Å². The van der Waals surface area contributed by atoms with Gasteiger partial charge in [0.25, 0.3) is 0 Å². The van der Waals surface area contributed by atoms with Gasteiger partial charge in [-0.25, -0.2) is 19.7 Å². The van der Waals surface area contributed by atoms with Crippen molar-refractivity contribution in [2.45, 2.75) is 64.5 Å². The van der Waals surface area contributed by atoms with E-state index in [1.165, 1.54) is 4.90 Å². The van der Waals surface area contributed by atoms with Crippen LogP contribution < -0.4 is 16.0 Å². The van der Waals surface area contributed by atoms with Crippen molar-refractivity contribution in [3.05, 3.63) is 71.8 Å². The van der Waals surface area contributed by atoms with Crippen molar-refractivity contribution in [3.63, 3.8) is 0 Å². The third kappa shape index (κ3) is 10.2. The van der Waals surface area contributed by atoms with Gasteiger partial charge in [0.15, 0.2) is 0 Å².